The van der Waals surface area contributed by atoms with Crippen molar-refractivity contribution in [3.8, 4) is 39.9 Å². The molecule has 10 nitrogen and oxygen atoms in total. The summed E-state index contributed by atoms with van der Waals surface area (Å²) < 4.78 is 46.6. The van der Waals surface area contributed by atoms with Gasteiger partial charge in [0.15, 0.2) is 0 Å². The number of anilines is 1. The van der Waals surface area contributed by atoms with Crippen LogP contribution in [0.3, 0.4) is 0 Å². The first-order chi connectivity index (χ1) is 21.0. The standard InChI is InChI=1S/C32H25FN6O4S/c1-17-21(13-27(38-37-17)26-14-22-19(16-34)6-5-7-25(22)36-26)23-12-24-29(15-28(23)39(3)44(4,41)42)43-31(30(24)32(40)35-2)18-8-10-20(33)11-9-18/h5-15,36H,1-4H3,(H,35,40). The van der Waals surface area contributed by atoms with Gasteiger partial charge < -0.3 is 14.7 Å². The molecule has 0 bridgehead atoms. The highest BCUT2D eigenvalue weighted by molar-refractivity contribution is 7.92. The zero-order chi connectivity index (χ0) is 31.3. The van der Waals surface area contributed by atoms with Crippen molar-refractivity contribution in [2.75, 3.05) is 24.7 Å². The van der Waals surface area contributed by atoms with Gasteiger partial charge in [-0.05, 0) is 61.5 Å². The van der Waals surface area contributed by atoms with Gasteiger partial charge in [-0.15, -0.1) is 5.10 Å². The molecule has 0 saturated carbocycles. The van der Waals surface area contributed by atoms with E-state index in [1.165, 1.54) is 38.4 Å². The second-order valence-electron chi connectivity index (χ2n) is 10.3. The number of aryl methyl sites for hydroxylation is 1. The Morgan fingerprint density at radius 2 is 1.80 bits per heavy atom. The van der Waals surface area contributed by atoms with E-state index in [1.807, 2.05) is 12.1 Å². The molecule has 44 heavy (non-hydrogen) atoms. The highest BCUT2D eigenvalue weighted by Crippen LogP contribution is 2.42. The Morgan fingerprint density at radius 1 is 1.05 bits per heavy atom. The fraction of sp³-hybridized carbons (Fsp3) is 0.125. The Labute approximate surface area is 251 Å². The highest BCUT2D eigenvalue weighted by Gasteiger charge is 2.27. The van der Waals surface area contributed by atoms with Crippen molar-refractivity contribution in [3.05, 3.63) is 89.4 Å². The number of halogens is 1. The lowest BCUT2D eigenvalue weighted by Crippen LogP contribution is -2.25. The van der Waals surface area contributed by atoms with Gasteiger partial charge in [-0.1, -0.05) is 6.07 Å². The molecule has 0 radical (unpaired) electrons. The third-order valence-corrected chi connectivity index (χ3v) is 8.72. The lowest BCUT2D eigenvalue weighted by molar-refractivity contribution is 0.0964. The van der Waals surface area contributed by atoms with Gasteiger partial charge >= 0.3 is 0 Å². The maximum Gasteiger partial charge on any atom is 0.255 e. The molecule has 12 heteroatoms. The fourth-order valence-electron chi connectivity index (χ4n) is 5.19. The number of hydrogen-bond acceptors (Lipinski definition) is 7. The highest BCUT2D eigenvalue weighted by atomic mass is 32.2. The van der Waals surface area contributed by atoms with Crippen molar-refractivity contribution in [2.45, 2.75) is 6.92 Å². The lowest BCUT2D eigenvalue weighted by atomic mass is 9.97. The number of benzene rings is 3. The van der Waals surface area contributed by atoms with E-state index in [-0.39, 0.29) is 22.6 Å². The summed E-state index contributed by atoms with van der Waals surface area (Å²) in [6.45, 7) is 1.75. The van der Waals surface area contributed by atoms with E-state index >= 15 is 0 Å². The van der Waals surface area contributed by atoms with Gasteiger partial charge in [0.25, 0.3) is 5.91 Å². The van der Waals surface area contributed by atoms with Crippen molar-refractivity contribution >= 4 is 43.5 Å². The van der Waals surface area contributed by atoms with E-state index in [2.05, 4.69) is 26.6 Å². The molecule has 2 N–H and O–H groups in total. The van der Waals surface area contributed by atoms with E-state index in [0.29, 0.717) is 44.7 Å². The number of sulfonamides is 1. The zero-order valence-electron chi connectivity index (χ0n) is 24.1. The topological polar surface area (TPSA) is 145 Å². The van der Waals surface area contributed by atoms with Gasteiger partial charge in [0.2, 0.25) is 10.0 Å². The molecule has 6 rings (SSSR count). The number of amides is 1. The van der Waals surface area contributed by atoms with Gasteiger partial charge in [0.05, 0.1) is 40.5 Å². The summed E-state index contributed by atoms with van der Waals surface area (Å²) in [5.74, 6) is -0.669. The lowest BCUT2D eigenvalue weighted by Gasteiger charge is -2.21. The largest absolute Gasteiger partial charge is 0.455 e. The number of carbonyl (C=O) groups excluding carboxylic acids is 1. The minimum atomic E-state index is -3.74. The molecule has 0 fully saturated rings. The van der Waals surface area contributed by atoms with Crippen LogP contribution >= 0.6 is 0 Å². The Balaban J connectivity index is 1.63. The summed E-state index contributed by atoms with van der Waals surface area (Å²) in [6, 6.07) is 19.9. The van der Waals surface area contributed by atoms with Crippen molar-refractivity contribution < 1.29 is 22.0 Å². The van der Waals surface area contributed by atoms with Crippen LogP contribution in [0.25, 0.3) is 55.7 Å². The van der Waals surface area contributed by atoms with Crippen molar-refractivity contribution in [2.24, 2.45) is 0 Å². The van der Waals surface area contributed by atoms with Crippen LogP contribution in [0.4, 0.5) is 10.1 Å². The second-order valence-corrected chi connectivity index (χ2v) is 12.3. The van der Waals surface area contributed by atoms with Crippen LogP contribution in [-0.2, 0) is 10.0 Å². The summed E-state index contributed by atoms with van der Waals surface area (Å²) in [5, 5.41) is 22.1. The Morgan fingerprint density at radius 3 is 2.48 bits per heavy atom. The minimum absolute atomic E-state index is 0.209. The minimum Gasteiger partial charge on any atom is -0.455 e. The number of fused-ring (bicyclic) bond motifs is 2. The first kappa shape index (κ1) is 28.6. The molecule has 3 heterocycles. The number of nitriles is 1. The number of carbonyl (C=O) groups is 1. The van der Waals surface area contributed by atoms with Crippen LogP contribution in [0, 0.1) is 24.1 Å². The molecule has 3 aromatic heterocycles. The molecule has 220 valence electrons. The second kappa shape index (κ2) is 10.6. The molecular weight excluding hydrogens is 583 g/mol. The van der Waals surface area contributed by atoms with Crippen LogP contribution in [-0.4, -0.2) is 49.9 Å². The SMILES string of the molecule is CNC(=O)c1c(-c2ccc(F)cc2)oc2cc(N(C)S(C)(=O)=O)c(-c3cc(-c4cc5c(C#N)cccc5[nH]4)nnc3C)cc12. The summed E-state index contributed by atoms with van der Waals surface area (Å²) in [7, 11) is -0.823. The predicted octanol–water partition coefficient (Wildman–Crippen LogP) is 5.78. The number of aromatic nitrogens is 3. The van der Waals surface area contributed by atoms with Crippen LogP contribution < -0.4 is 9.62 Å². The summed E-state index contributed by atoms with van der Waals surface area (Å²) in [4.78, 5) is 16.5. The number of nitrogens with zero attached hydrogens (tertiary/aromatic N) is 4. The van der Waals surface area contributed by atoms with Crippen molar-refractivity contribution in [1.29, 1.82) is 5.26 Å². The predicted molar refractivity (Wildman–Crippen MR) is 166 cm³/mol. The van der Waals surface area contributed by atoms with E-state index in [1.54, 1.807) is 37.3 Å². The van der Waals surface area contributed by atoms with Crippen molar-refractivity contribution in [3.63, 3.8) is 0 Å². The molecule has 0 atom stereocenters. The molecular formula is C32H25FN6O4S. The molecule has 0 unspecified atom stereocenters. The Bertz CT molecular complexity index is 2270. The molecule has 0 aliphatic carbocycles. The molecule has 6 aromatic rings. The molecule has 0 spiro atoms. The van der Waals surface area contributed by atoms with Gasteiger partial charge in [-0.25, -0.2) is 12.8 Å². The molecule has 3 aromatic carbocycles. The van der Waals surface area contributed by atoms with E-state index < -0.39 is 21.7 Å². The number of hydrogen-bond donors (Lipinski definition) is 2. The maximum absolute atomic E-state index is 13.7. The van der Waals surface area contributed by atoms with E-state index in [0.717, 1.165) is 21.5 Å². The smallest absolute Gasteiger partial charge is 0.255 e. The first-order valence-corrected chi connectivity index (χ1v) is 15.2. The Kier molecular flexibility index (Phi) is 6.90. The first-order valence-electron chi connectivity index (χ1n) is 13.4. The molecule has 1 amide bonds. The van der Waals surface area contributed by atoms with Gasteiger partial charge in [0, 0.05) is 53.1 Å². The molecule has 0 aliphatic heterocycles. The van der Waals surface area contributed by atoms with Crippen LogP contribution in [0.2, 0.25) is 0 Å². The third-order valence-electron chi connectivity index (χ3n) is 7.53. The molecule has 0 aliphatic rings. The summed E-state index contributed by atoms with van der Waals surface area (Å²) in [5.41, 5.74) is 5.10. The number of rotatable bonds is 6. The van der Waals surface area contributed by atoms with Gasteiger partial charge in [-0.3, -0.25) is 9.10 Å². The number of aromatic amines is 1. The molecule has 0 saturated heterocycles. The fourth-order valence-corrected chi connectivity index (χ4v) is 5.70. The van der Waals surface area contributed by atoms with Crippen LogP contribution in [0.1, 0.15) is 21.6 Å². The monoisotopic (exact) mass is 608 g/mol. The average Bonchev–Trinajstić information content (AvgIpc) is 3.61. The number of H-pyrrole nitrogens is 1. The van der Waals surface area contributed by atoms with Gasteiger partial charge in [-0.2, -0.15) is 10.4 Å². The third kappa shape index (κ3) is 4.83. The number of nitrogens with one attached hydrogen (secondary N) is 2. The zero-order valence-corrected chi connectivity index (χ0v) is 24.9. The normalized spacial score (nSPS) is 11.5. The number of furan rings is 1. The average molecular weight is 609 g/mol. The maximum atomic E-state index is 13.7. The van der Waals surface area contributed by atoms with E-state index in [9.17, 15) is 22.9 Å². The summed E-state index contributed by atoms with van der Waals surface area (Å²) >= 11 is 0. The van der Waals surface area contributed by atoms with Crippen LogP contribution in [0.15, 0.2) is 71.1 Å². The van der Waals surface area contributed by atoms with E-state index in [4.69, 9.17) is 4.42 Å². The van der Waals surface area contributed by atoms with Gasteiger partial charge in [0.1, 0.15) is 22.9 Å². The quantitative estimate of drug-likeness (QED) is 0.244. The summed E-state index contributed by atoms with van der Waals surface area (Å²) in [6.07, 6.45) is 1.09. The van der Waals surface area contributed by atoms with Crippen molar-refractivity contribution in [1.82, 2.24) is 20.5 Å². The Hall–Kier alpha value is -5.54. The van der Waals surface area contributed by atoms with Crippen LogP contribution in [0.5, 0.6) is 0 Å².